The fraction of sp³-hybridized carbons (Fsp3) is 0.556. The van der Waals surface area contributed by atoms with Crippen molar-refractivity contribution < 1.29 is 5.11 Å². The van der Waals surface area contributed by atoms with Gasteiger partial charge in [0.05, 0.1) is 12.1 Å². The van der Waals surface area contributed by atoms with E-state index in [1.807, 2.05) is 0 Å². The van der Waals surface area contributed by atoms with Crippen LogP contribution in [0.3, 0.4) is 0 Å². The fourth-order valence-corrected chi connectivity index (χ4v) is 1.49. The first-order valence-corrected chi connectivity index (χ1v) is 4.67. The van der Waals surface area contributed by atoms with Crippen LogP contribution in [-0.2, 0) is 0 Å². The van der Waals surface area contributed by atoms with Gasteiger partial charge in [0.1, 0.15) is 0 Å². The maximum absolute atomic E-state index is 10.9. The topological polar surface area (TPSA) is 92.0 Å². The predicted octanol–water partition coefficient (Wildman–Crippen LogP) is -0.459. The molecule has 76 valence electrons. The normalized spacial score (nSPS) is 20.4. The molecule has 0 aliphatic heterocycles. The molecule has 1 aliphatic carbocycles. The first-order valence-electron chi connectivity index (χ1n) is 4.67. The van der Waals surface area contributed by atoms with Gasteiger partial charge in [0.25, 0.3) is 0 Å². The number of aliphatic hydroxyl groups excluding tert-OH is 1. The summed E-state index contributed by atoms with van der Waals surface area (Å²) in [6, 6.07) is 1.11. The number of rotatable bonds is 3. The second-order valence-electron chi connectivity index (χ2n) is 3.68. The summed E-state index contributed by atoms with van der Waals surface area (Å²) in [6.07, 6.45) is 2.87. The summed E-state index contributed by atoms with van der Waals surface area (Å²) in [6.45, 7) is 0. The molecule has 5 heteroatoms. The summed E-state index contributed by atoms with van der Waals surface area (Å²) in [5.41, 5.74) is 5.92. The molecule has 1 saturated carbocycles. The van der Waals surface area contributed by atoms with Gasteiger partial charge in [-0.05, 0) is 24.8 Å². The number of aliphatic hydroxyl groups is 1. The molecule has 1 heterocycles. The molecular weight excluding hydrogens is 182 g/mol. The summed E-state index contributed by atoms with van der Waals surface area (Å²) in [5.74, 6) is 0.293. The molecule has 1 fully saturated rings. The molecule has 14 heavy (non-hydrogen) atoms. The lowest BCUT2D eigenvalue weighted by Crippen LogP contribution is -2.30. The van der Waals surface area contributed by atoms with Gasteiger partial charge < -0.3 is 15.8 Å². The molecule has 5 nitrogen and oxygen atoms in total. The zero-order chi connectivity index (χ0) is 10.1. The lowest BCUT2D eigenvalue weighted by atomic mass is 10.0. The highest BCUT2D eigenvalue weighted by Crippen LogP contribution is 2.36. The lowest BCUT2D eigenvalue weighted by Gasteiger charge is -2.17. The first-order chi connectivity index (χ1) is 6.68. The summed E-state index contributed by atoms with van der Waals surface area (Å²) in [7, 11) is 0. The van der Waals surface area contributed by atoms with Gasteiger partial charge in [-0.2, -0.15) is 0 Å². The molecule has 0 aromatic carbocycles. The van der Waals surface area contributed by atoms with Gasteiger partial charge in [-0.1, -0.05) is 0 Å². The Labute approximate surface area is 81.0 Å². The van der Waals surface area contributed by atoms with Gasteiger partial charge in [0.15, 0.2) is 0 Å². The maximum Gasteiger partial charge on any atom is 0.345 e. The Morgan fingerprint density at radius 2 is 2.36 bits per heavy atom. The third kappa shape index (κ3) is 1.83. The quantitative estimate of drug-likeness (QED) is 0.608. The van der Waals surface area contributed by atoms with Crippen LogP contribution in [-0.4, -0.2) is 21.2 Å². The highest BCUT2D eigenvalue weighted by Gasteiger charge is 2.34. The van der Waals surface area contributed by atoms with Crippen LogP contribution in [0, 0.1) is 5.92 Å². The van der Waals surface area contributed by atoms with Crippen LogP contribution in [0.2, 0.25) is 0 Å². The van der Waals surface area contributed by atoms with E-state index in [0.717, 1.165) is 12.8 Å². The zero-order valence-electron chi connectivity index (χ0n) is 7.68. The number of aromatic nitrogens is 2. The van der Waals surface area contributed by atoms with Crippen molar-refractivity contribution in [1.82, 2.24) is 9.97 Å². The van der Waals surface area contributed by atoms with Crippen molar-refractivity contribution in [3.8, 4) is 0 Å². The van der Waals surface area contributed by atoms with E-state index in [-0.39, 0.29) is 0 Å². The summed E-state index contributed by atoms with van der Waals surface area (Å²) >= 11 is 0. The van der Waals surface area contributed by atoms with Gasteiger partial charge in [-0.15, -0.1) is 0 Å². The van der Waals surface area contributed by atoms with Crippen LogP contribution >= 0.6 is 0 Å². The number of nitrogens with two attached hydrogens (primary N) is 1. The average molecular weight is 195 g/mol. The zero-order valence-corrected chi connectivity index (χ0v) is 7.68. The van der Waals surface area contributed by atoms with E-state index in [2.05, 4.69) is 9.97 Å². The van der Waals surface area contributed by atoms with Crippen molar-refractivity contribution >= 4 is 0 Å². The summed E-state index contributed by atoms with van der Waals surface area (Å²) < 4.78 is 0. The number of nitrogens with one attached hydrogen (secondary N) is 1. The minimum absolute atomic E-state index is 0.293. The molecule has 1 aliphatic rings. The Bertz CT molecular complexity index is 372. The van der Waals surface area contributed by atoms with Gasteiger partial charge in [-0.25, -0.2) is 9.78 Å². The van der Waals surface area contributed by atoms with Crippen molar-refractivity contribution in [2.24, 2.45) is 11.7 Å². The molecule has 0 radical (unpaired) electrons. The number of H-pyrrole nitrogens is 1. The van der Waals surface area contributed by atoms with E-state index in [4.69, 9.17) is 5.73 Å². The van der Waals surface area contributed by atoms with E-state index in [1.165, 1.54) is 6.20 Å². The molecule has 1 aromatic heterocycles. The number of hydrogen-bond donors (Lipinski definition) is 3. The molecule has 0 bridgehead atoms. The molecule has 1 aromatic rings. The van der Waals surface area contributed by atoms with Crippen molar-refractivity contribution in [2.45, 2.75) is 25.0 Å². The van der Waals surface area contributed by atoms with Crippen molar-refractivity contribution in [2.75, 3.05) is 0 Å². The van der Waals surface area contributed by atoms with Crippen LogP contribution in [0.1, 0.15) is 24.6 Å². The summed E-state index contributed by atoms with van der Waals surface area (Å²) in [5, 5.41) is 9.73. The number of nitrogens with zero attached hydrogens (tertiary/aromatic N) is 1. The fourth-order valence-electron chi connectivity index (χ4n) is 1.49. The minimum Gasteiger partial charge on any atom is -0.391 e. The van der Waals surface area contributed by atoms with Crippen LogP contribution in [0.25, 0.3) is 0 Å². The third-order valence-electron chi connectivity index (χ3n) is 2.53. The lowest BCUT2D eigenvalue weighted by molar-refractivity contribution is 0.120. The standard InChI is InChI=1S/C9H13N3O2/c10-7(8(13)5-1-2-5)6-3-4-11-9(14)12-6/h3-5,7-8,13H,1-2,10H2,(H,11,12,14). The largest absolute Gasteiger partial charge is 0.391 e. The smallest absolute Gasteiger partial charge is 0.345 e. The highest BCUT2D eigenvalue weighted by atomic mass is 16.3. The van der Waals surface area contributed by atoms with Crippen LogP contribution < -0.4 is 11.4 Å². The number of hydrogen-bond acceptors (Lipinski definition) is 4. The van der Waals surface area contributed by atoms with E-state index in [9.17, 15) is 9.90 Å². The predicted molar refractivity (Wildman–Crippen MR) is 50.5 cm³/mol. The van der Waals surface area contributed by atoms with E-state index < -0.39 is 17.8 Å². The molecule has 4 N–H and O–H groups in total. The van der Waals surface area contributed by atoms with Crippen LogP contribution in [0.5, 0.6) is 0 Å². The second kappa shape index (κ2) is 3.51. The molecule has 0 amide bonds. The highest BCUT2D eigenvalue weighted by molar-refractivity contribution is 5.07. The van der Waals surface area contributed by atoms with Crippen LogP contribution in [0.15, 0.2) is 17.1 Å². The molecule has 0 spiro atoms. The van der Waals surface area contributed by atoms with Crippen molar-refractivity contribution in [1.29, 1.82) is 0 Å². The molecular formula is C9H13N3O2. The van der Waals surface area contributed by atoms with Gasteiger partial charge in [-0.3, -0.25) is 0 Å². The Morgan fingerprint density at radius 1 is 1.64 bits per heavy atom. The van der Waals surface area contributed by atoms with Crippen LogP contribution in [0.4, 0.5) is 0 Å². The Morgan fingerprint density at radius 3 is 2.93 bits per heavy atom. The monoisotopic (exact) mass is 195 g/mol. The van der Waals surface area contributed by atoms with E-state index in [0.29, 0.717) is 11.6 Å². The molecule has 2 rings (SSSR count). The van der Waals surface area contributed by atoms with Crippen molar-refractivity contribution in [3.05, 3.63) is 28.4 Å². The Balaban J connectivity index is 2.17. The minimum atomic E-state index is -0.562. The SMILES string of the molecule is NC(c1ccnc(=O)[nH]1)C(O)C1CC1. The Kier molecular flexibility index (Phi) is 2.35. The maximum atomic E-state index is 10.9. The van der Waals surface area contributed by atoms with Gasteiger partial charge >= 0.3 is 5.69 Å². The van der Waals surface area contributed by atoms with Gasteiger partial charge in [0, 0.05) is 11.9 Å². The van der Waals surface area contributed by atoms with E-state index >= 15 is 0 Å². The molecule has 0 saturated heterocycles. The average Bonchev–Trinajstić information content (AvgIpc) is 2.99. The third-order valence-corrected chi connectivity index (χ3v) is 2.53. The second-order valence-corrected chi connectivity index (χ2v) is 3.68. The summed E-state index contributed by atoms with van der Waals surface area (Å²) in [4.78, 5) is 16.9. The number of aromatic amines is 1. The molecule has 2 atom stereocenters. The van der Waals surface area contributed by atoms with E-state index in [1.54, 1.807) is 6.07 Å². The Hall–Kier alpha value is -1.20. The van der Waals surface area contributed by atoms with Crippen molar-refractivity contribution in [3.63, 3.8) is 0 Å². The first kappa shape index (κ1) is 9.36. The molecule has 2 unspecified atom stereocenters. The van der Waals surface area contributed by atoms with Gasteiger partial charge in [0.2, 0.25) is 0 Å².